The van der Waals surface area contributed by atoms with Crippen molar-refractivity contribution in [2.75, 3.05) is 0 Å². The fraction of sp³-hybridized carbons (Fsp3) is 0.114. The van der Waals surface area contributed by atoms with Crippen LogP contribution in [0.25, 0.3) is 66.2 Å². The number of hydrogen-bond acceptors (Lipinski definition) is 2. The molecule has 0 fully saturated rings. The fourth-order valence-corrected chi connectivity index (χ4v) is 5.43. The van der Waals surface area contributed by atoms with Crippen LogP contribution < -0.4 is 0 Å². The van der Waals surface area contributed by atoms with Crippen LogP contribution in [0.4, 0.5) is 0 Å². The van der Waals surface area contributed by atoms with E-state index in [1.165, 1.54) is 49.0 Å². The first-order valence-corrected chi connectivity index (χ1v) is 12.8. The van der Waals surface area contributed by atoms with E-state index in [1.807, 2.05) is 36.5 Å². The van der Waals surface area contributed by atoms with Crippen LogP contribution in [0.1, 0.15) is 26.3 Å². The highest BCUT2D eigenvalue weighted by atomic mass is 16.4. The van der Waals surface area contributed by atoms with Gasteiger partial charge in [0.25, 0.3) is 0 Å². The summed E-state index contributed by atoms with van der Waals surface area (Å²) < 4.78 is 6.17. The van der Waals surface area contributed by atoms with Crippen molar-refractivity contribution in [1.29, 1.82) is 0 Å². The Bertz CT molecular complexity index is 1820. The molecule has 7 aromatic rings. The molecule has 0 aliphatic heterocycles. The molecule has 0 radical (unpaired) electrons. The Hall–Kier alpha value is -4.43. The third kappa shape index (κ3) is 3.68. The minimum Gasteiger partial charge on any atom is -0.436 e. The van der Waals surface area contributed by atoms with Gasteiger partial charge in [0.05, 0.1) is 6.20 Å². The Morgan fingerprint density at radius 1 is 0.541 bits per heavy atom. The van der Waals surface area contributed by atoms with Crippen molar-refractivity contribution in [3.05, 3.63) is 115 Å². The van der Waals surface area contributed by atoms with Crippen molar-refractivity contribution in [3.8, 4) is 33.9 Å². The summed E-state index contributed by atoms with van der Waals surface area (Å²) in [6.45, 7) is 6.77. The molecule has 1 aromatic heterocycles. The first-order chi connectivity index (χ1) is 17.9. The van der Waals surface area contributed by atoms with Gasteiger partial charge in [-0.2, -0.15) is 0 Å². The minimum absolute atomic E-state index is 0.152. The second kappa shape index (κ2) is 8.04. The van der Waals surface area contributed by atoms with Gasteiger partial charge in [-0.05, 0) is 78.7 Å². The van der Waals surface area contributed by atoms with Crippen LogP contribution in [-0.4, -0.2) is 4.98 Å². The maximum Gasteiger partial charge on any atom is 0.226 e. The van der Waals surface area contributed by atoms with E-state index in [1.54, 1.807) is 0 Å². The van der Waals surface area contributed by atoms with Crippen LogP contribution in [0.5, 0.6) is 0 Å². The molecule has 6 aromatic carbocycles. The van der Waals surface area contributed by atoms with E-state index in [-0.39, 0.29) is 5.41 Å². The van der Waals surface area contributed by atoms with E-state index < -0.39 is 0 Å². The van der Waals surface area contributed by atoms with Gasteiger partial charge in [0.15, 0.2) is 5.76 Å². The highest BCUT2D eigenvalue weighted by Gasteiger charge is 2.16. The zero-order valence-electron chi connectivity index (χ0n) is 21.2. The van der Waals surface area contributed by atoms with Gasteiger partial charge in [0.2, 0.25) is 5.89 Å². The van der Waals surface area contributed by atoms with Gasteiger partial charge in [0, 0.05) is 11.1 Å². The molecule has 2 nitrogen and oxygen atoms in total. The number of nitrogens with zero attached hydrogens (tertiary/aromatic N) is 1. The summed E-state index contributed by atoms with van der Waals surface area (Å²) in [6, 6.07) is 37.1. The highest BCUT2D eigenvalue weighted by molar-refractivity contribution is 6.24. The fourth-order valence-electron chi connectivity index (χ4n) is 5.43. The Kier molecular flexibility index (Phi) is 4.74. The first kappa shape index (κ1) is 21.8. The normalized spacial score (nSPS) is 12.2. The monoisotopic (exact) mass is 477 g/mol. The SMILES string of the molecule is CC(C)(C)c1ccc(-c2cc3ccc4cc(-c5ncc(-c6ccccc6)o5)cc5ccc(c2)c3c45)cc1. The molecule has 37 heavy (non-hydrogen) atoms. The predicted octanol–water partition coefficient (Wildman–Crippen LogP) is 9.87. The van der Waals surface area contributed by atoms with Crippen molar-refractivity contribution in [3.63, 3.8) is 0 Å². The molecule has 0 bridgehead atoms. The van der Waals surface area contributed by atoms with Crippen LogP contribution in [0.3, 0.4) is 0 Å². The van der Waals surface area contributed by atoms with Crippen molar-refractivity contribution in [2.45, 2.75) is 26.2 Å². The topological polar surface area (TPSA) is 26.0 Å². The molecule has 7 rings (SSSR count). The third-order valence-corrected chi connectivity index (χ3v) is 7.43. The summed E-state index contributed by atoms with van der Waals surface area (Å²) in [5, 5.41) is 7.54. The number of aromatic nitrogens is 1. The molecule has 178 valence electrons. The van der Waals surface area contributed by atoms with E-state index >= 15 is 0 Å². The standard InChI is InChI=1S/C35H27NO/c1-35(2,3)30-15-13-22(14-16-30)28-17-24-9-11-26-19-29(20-27-12-10-25(18-28)32(24)33(26)27)34-36-21-31(37-34)23-7-5-4-6-8-23/h4-21H,1-3H3. The van der Waals surface area contributed by atoms with Crippen molar-refractivity contribution in [1.82, 2.24) is 4.98 Å². The van der Waals surface area contributed by atoms with Crippen LogP contribution in [0.15, 0.2) is 114 Å². The molecular weight excluding hydrogens is 450 g/mol. The zero-order chi connectivity index (χ0) is 25.1. The summed E-state index contributed by atoms with van der Waals surface area (Å²) in [6.07, 6.45) is 1.81. The Balaban J connectivity index is 1.33. The van der Waals surface area contributed by atoms with Crippen LogP contribution >= 0.6 is 0 Å². The van der Waals surface area contributed by atoms with Gasteiger partial charge in [-0.3, -0.25) is 0 Å². The Labute approximate surface area is 216 Å². The minimum atomic E-state index is 0.152. The van der Waals surface area contributed by atoms with Crippen molar-refractivity contribution >= 4 is 32.3 Å². The summed E-state index contributed by atoms with van der Waals surface area (Å²) >= 11 is 0. The summed E-state index contributed by atoms with van der Waals surface area (Å²) in [5.41, 5.74) is 6.03. The molecule has 0 aliphatic rings. The second-order valence-electron chi connectivity index (χ2n) is 10.9. The average Bonchev–Trinajstić information content (AvgIpc) is 3.42. The molecule has 0 amide bonds. The number of hydrogen-bond donors (Lipinski definition) is 0. The van der Waals surface area contributed by atoms with E-state index in [4.69, 9.17) is 4.42 Å². The molecule has 0 aliphatic carbocycles. The van der Waals surface area contributed by atoms with E-state index in [0.717, 1.165) is 16.9 Å². The molecule has 0 saturated carbocycles. The predicted molar refractivity (Wildman–Crippen MR) is 155 cm³/mol. The van der Waals surface area contributed by atoms with Crippen molar-refractivity contribution in [2.24, 2.45) is 0 Å². The average molecular weight is 478 g/mol. The van der Waals surface area contributed by atoms with Gasteiger partial charge in [-0.25, -0.2) is 4.98 Å². The number of rotatable bonds is 3. The van der Waals surface area contributed by atoms with Gasteiger partial charge >= 0.3 is 0 Å². The summed E-state index contributed by atoms with van der Waals surface area (Å²) in [7, 11) is 0. The number of oxazole rings is 1. The Morgan fingerprint density at radius 3 is 1.62 bits per heavy atom. The van der Waals surface area contributed by atoms with Crippen LogP contribution in [0, 0.1) is 0 Å². The molecule has 0 N–H and O–H groups in total. The van der Waals surface area contributed by atoms with Crippen LogP contribution in [-0.2, 0) is 5.41 Å². The Morgan fingerprint density at radius 2 is 1.08 bits per heavy atom. The van der Waals surface area contributed by atoms with Gasteiger partial charge < -0.3 is 4.42 Å². The lowest BCUT2D eigenvalue weighted by molar-refractivity contribution is 0.589. The molecule has 2 heteroatoms. The maximum atomic E-state index is 6.17. The largest absolute Gasteiger partial charge is 0.436 e. The molecular formula is C35H27NO. The van der Waals surface area contributed by atoms with Crippen LogP contribution in [0.2, 0.25) is 0 Å². The lowest BCUT2D eigenvalue weighted by atomic mass is 9.85. The number of benzene rings is 6. The quantitative estimate of drug-likeness (QED) is 0.237. The van der Waals surface area contributed by atoms with E-state index in [2.05, 4.69) is 98.6 Å². The van der Waals surface area contributed by atoms with Crippen molar-refractivity contribution < 1.29 is 4.42 Å². The van der Waals surface area contributed by atoms with Gasteiger partial charge in [-0.1, -0.05) is 99.6 Å². The van der Waals surface area contributed by atoms with Gasteiger partial charge in [0.1, 0.15) is 0 Å². The second-order valence-corrected chi connectivity index (χ2v) is 10.9. The highest BCUT2D eigenvalue weighted by Crippen LogP contribution is 2.40. The lowest BCUT2D eigenvalue weighted by Gasteiger charge is -2.19. The zero-order valence-corrected chi connectivity index (χ0v) is 21.2. The summed E-state index contributed by atoms with van der Waals surface area (Å²) in [5.74, 6) is 1.43. The molecule has 0 unspecified atom stereocenters. The van der Waals surface area contributed by atoms with E-state index in [9.17, 15) is 0 Å². The molecule has 0 spiro atoms. The molecule has 0 saturated heterocycles. The third-order valence-electron chi connectivity index (χ3n) is 7.43. The summed E-state index contributed by atoms with van der Waals surface area (Å²) in [4.78, 5) is 4.60. The van der Waals surface area contributed by atoms with E-state index in [0.29, 0.717) is 5.89 Å². The molecule has 1 heterocycles. The lowest BCUT2D eigenvalue weighted by Crippen LogP contribution is -2.10. The van der Waals surface area contributed by atoms with Gasteiger partial charge in [-0.15, -0.1) is 0 Å². The smallest absolute Gasteiger partial charge is 0.226 e. The first-order valence-electron chi connectivity index (χ1n) is 12.8. The molecule has 0 atom stereocenters. The maximum absolute atomic E-state index is 6.17.